The van der Waals surface area contributed by atoms with Crippen LogP contribution in [0.4, 0.5) is 0 Å². The molecule has 4 aromatic rings. The molecule has 1 saturated heterocycles. The maximum atomic E-state index is 2.73. The molecular formula is C38H56N4Si4. The fourth-order valence-corrected chi connectivity index (χ4v) is 7.82. The van der Waals surface area contributed by atoms with E-state index in [0.29, 0.717) is 0 Å². The second-order valence-corrected chi connectivity index (χ2v) is 18.4. The Hall–Kier alpha value is -2.41. The summed E-state index contributed by atoms with van der Waals surface area (Å²) in [6, 6.07) is 37.5. The Labute approximate surface area is 290 Å². The van der Waals surface area contributed by atoms with Crippen molar-refractivity contribution >= 4 is 61.7 Å². The van der Waals surface area contributed by atoms with Gasteiger partial charge in [0.05, 0.1) is 0 Å². The van der Waals surface area contributed by atoms with E-state index in [4.69, 9.17) is 0 Å². The maximum absolute atomic E-state index is 2.73. The van der Waals surface area contributed by atoms with Crippen molar-refractivity contribution in [2.24, 2.45) is 0 Å². The fraction of sp³-hybridized carbons (Fsp3) is 0.368. The first-order valence-corrected chi connectivity index (χ1v) is 21.5. The molecule has 0 bridgehead atoms. The molecule has 5 rings (SSSR count). The molecule has 1 heterocycles. The first kappa shape index (κ1) is 34.9. The molecule has 1 fully saturated rings. The Kier molecular flexibility index (Phi) is 13.8. The van der Waals surface area contributed by atoms with Gasteiger partial charge in [-0.3, -0.25) is 19.6 Å². The monoisotopic (exact) mass is 680 g/mol. The number of nitrogens with zero attached hydrogens (tertiary/aromatic N) is 4. The minimum absolute atomic E-state index is 1.04. The molecule has 0 amide bonds. The Balaban J connectivity index is 1.33. The standard InChI is InChI=1S/C38H56N4Si4/c43-35-11-3-31(4-12-35)27-39-19-1-20-40(28-32-5-13-36(44)14-6-32)24-26-42(30-34-9-17-38(46)18-10-34)22-2-21-41(25-23-39)29-33-7-15-37(45)16-8-33/h3-18H,1-2,19-30H2,43-46H3. The van der Waals surface area contributed by atoms with E-state index in [1.807, 2.05) is 0 Å². The lowest BCUT2D eigenvalue weighted by atomic mass is 10.1. The molecule has 46 heavy (non-hydrogen) atoms. The van der Waals surface area contributed by atoms with Crippen LogP contribution in [0.1, 0.15) is 35.1 Å². The molecule has 244 valence electrons. The van der Waals surface area contributed by atoms with Gasteiger partial charge in [-0.15, -0.1) is 0 Å². The van der Waals surface area contributed by atoms with E-state index in [2.05, 4.69) is 117 Å². The highest BCUT2D eigenvalue weighted by Crippen LogP contribution is 2.13. The molecule has 4 nitrogen and oxygen atoms in total. The average molecular weight is 681 g/mol. The second-order valence-electron chi connectivity index (χ2n) is 13.8. The van der Waals surface area contributed by atoms with Gasteiger partial charge in [0.2, 0.25) is 0 Å². The molecule has 4 aromatic carbocycles. The predicted molar refractivity (Wildman–Crippen MR) is 214 cm³/mol. The van der Waals surface area contributed by atoms with Crippen LogP contribution in [0.25, 0.3) is 0 Å². The van der Waals surface area contributed by atoms with Crippen molar-refractivity contribution in [2.75, 3.05) is 52.4 Å². The van der Waals surface area contributed by atoms with Crippen LogP contribution in [0, 0.1) is 0 Å². The molecular weight excluding hydrogens is 625 g/mol. The summed E-state index contributed by atoms with van der Waals surface area (Å²) in [5.74, 6) is 0. The fourth-order valence-electron chi connectivity index (χ4n) is 6.49. The molecule has 0 atom stereocenters. The zero-order valence-electron chi connectivity index (χ0n) is 28.9. The molecule has 0 aromatic heterocycles. The van der Waals surface area contributed by atoms with Crippen LogP contribution in [0.15, 0.2) is 97.1 Å². The second kappa shape index (κ2) is 18.2. The highest BCUT2D eigenvalue weighted by Gasteiger charge is 2.16. The average Bonchev–Trinajstić information content (AvgIpc) is 3.05. The van der Waals surface area contributed by atoms with Crippen molar-refractivity contribution in [2.45, 2.75) is 39.0 Å². The largest absolute Gasteiger partial charge is 0.298 e. The molecule has 0 N–H and O–H groups in total. The molecule has 8 heteroatoms. The van der Waals surface area contributed by atoms with Gasteiger partial charge in [-0.25, -0.2) is 0 Å². The minimum atomic E-state index is 1.04. The van der Waals surface area contributed by atoms with Crippen molar-refractivity contribution < 1.29 is 0 Å². The van der Waals surface area contributed by atoms with Crippen LogP contribution in [0.5, 0.6) is 0 Å². The third-order valence-electron chi connectivity index (χ3n) is 9.47. The summed E-state index contributed by atoms with van der Waals surface area (Å²) in [4.78, 5) is 10.9. The van der Waals surface area contributed by atoms with Gasteiger partial charge >= 0.3 is 0 Å². The van der Waals surface area contributed by atoms with Crippen molar-refractivity contribution in [1.29, 1.82) is 0 Å². The number of hydrogen-bond acceptors (Lipinski definition) is 4. The highest BCUT2D eigenvalue weighted by molar-refractivity contribution is 6.33. The number of benzene rings is 4. The smallest absolute Gasteiger partial charge is 0.0384 e. The van der Waals surface area contributed by atoms with Crippen molar-refractivity contribution in [3.8, 4) is 0 Å². The Morgan fingerprint density at radius 1 is 0.304 bits per heavy atom. The van der Waals surface area contributed by atoms with E-state index in [-0.39, 0.29) is 0 Å². The van der Waals surface area contributed by atoms with E-state index in [0.717, 1.165) is 120 Å². The van der Waals surface area contributed by atoms with Gasteiger partial charge in [-0.1, -0.05) is 118 Å². The molecule has 1 aliphatic rings. The van der Waals surface area contributed by atoms with Gasteiger partial charge in [0.15, 0.2) is 0 Å². The number of rotatable bonds is 8. The summed E-state index contributed by atoms with van der Waals surface area (Å²) >= 11 is 0. The van der Waals surface area contributed by atoms with E-state index < -0.39 is 0 Å². The number of hydrogen-bond donors (Lipinski definition) is 0. The van der Waals surface area contributed by atoms with E-state index in [1.165, 1.54) is 55.8 Å². The molecule has 0 unspecified atom stereocenters. The zero-order chi connectivity index (χ0) is 32.1. The Morgan fingerprint density at radius 3 is 0.696 bits per heavy atom. The molecule has 1 aliphatic heterocycles. The molecule has 0 saturated carbocycles. The minimum Gasteiger partial charge on any atom is -0.298 e. The Bertz CT molecular complexity index is 1220. The van der Waals surface area contributed by atoms with Crippen LogP contribution in [-0.2, 0) is 26.2 Å². The maximum Gasteiger partial charge on any atom is 0.0384 e. The summed E-state index contributed by atoms with van der Waals surface area (Å²) in [6.45, 7) is 13.2. The lowest BCUT2D eigenvalue weighted by molar-refractivity contribution is 0.148. The van der Waals surface area contributed by atoms with Crippen molar-refractivity contribution in [3.05, 3.63) is 119 Å². The summed E-state index contributed by atoms with van der Waals surface area (Å²) in [5.41, 5.74) is 5.79. The van der Waals surface area contributed by atoms with Crippen LogP contribution >= 0.6 is 0 Å². The van der Waals surface area contributed by atoms with Gasteiger partial charge in [0.25, 0.3) is 0 Å². The van der Waals surface area contributed by atoms with Crippen molar-refractivity contribution in [1.82, 2.24) is 19.6 Å². The van der Waals surface area contributed by atoms with Crippen molar-refractivity contribution in [3.63, 3.8) is 0 Å². The lowest BCUT2D eigenvalue weighted by Crippen LogP contribution is -2.40. The van der Waals surface area contributed by atoms with Gasteiger partial charge in [0, 0.05) is 93.3 Å². The van der Waals surface area contributed by atoms with Crippen LogP contribution < -0.4 is 20.7 Å². The SMILES string of the molecule is [SiH3]c1ccc(CN2CCCN(Cc3ccc([SiH3])cc3)CCN(Cc3ccc([SiH3])cc3)CCCN(Cc3ccc([SiH3])cc3)CC2)cc1. The summed E-state index contributed by atoms with van der Waals surface area (Å²) < 4.78 is 0. The van der Waals surface area contributed by atoms with Gasteiger partial charge in [0.1, 0.15) is 0 Å². The summed E-state index contributed by atoms with van der Waals surface area (Å²) in [5, 5.41) is 5.90. The first-order valence-electron chi connectivity index (χ1n) is 17.5. The van der Waals surface area contributed by atoms with Crippen LogP contribution in [-0.4, -0.2) is 113 Å². The quantitative estimate of drug-likeness (QED) is 0.216. The lowest BCUT2D eigenvalue weighted by Gasteiger charge is -2.32. The molecule has 0 aliphatic carbocycles. The third kappa shape index (κ3) is 12.0. The predicted octanol–water partition coefficient (Wildman–Crippen LogP) is -1.25. The first-order chi connectivity index (χ1) is 22.4. The van der Waals surface area contributed by atoms with Crippen LogP contribution in [0.3, 0.4) is 0 Å². The zero-order valence-corrected chi connectivity index (χ0v) is 36.9. The van der Waals surface area contributed by atoms with E-state index >= 15 is 0 Å². The normalized spacial score (nSPS) is 17.4. The summed E-state index contributed by atoms with van der Waals surface area (Å²) in [7, 11) is 4.47. The molecule has 0 radical (unpaired) electrons. The molecule has 0 spiro atoms. The van der Waals surface area contributed by atoms with Crippen LogP contribution in [0.2, 0.25) is 0 Å². The van der Waals surface area contributed by atoms with Gasteiger partial charge < -0.3 is 0 Å². The highest BCUT2D eigenvalue weighted by atomic mass is 28.2. The Morgan fingerprint density at radius 2 is 0.500 bits per heavy atom. The van der Waals surface area contributed by atoms with E-state index in [1.54, 1.807) is 0 Å². The van der Waals surface area contributed by atoms with E-state index in [9.17, 15) is 0 Å². The third-order valence-corrected chi connectivity index (χ3v) is 12.1. The summed E-state index contributed by atoms with van der Waals surface area (Å²) in [6.07, 6.45) is 2.39. The topological polar surface area (TPSA) is 13.0 Å². The van der Waals surface area contributed by atoms with Gasteiger partial charge in [-0.05, 0) is 61.3 Å². The van der Waals surface area contributed by atoms with Gasteiger partial charge in [-0.2, -0.15) is 0 Å².